The molecule has 8 heteroatoms. The van der Waals surface area contributed by atoms with Crippen LogP contribution in [-0.4, -0.2) is 27.3 Å². The Hall–Kier alpha value is -2.25. The molecule has 0 radical (unpaired) electrons. The second-order valence-electron chi connectivity index (χ2n) is 4.14. The standard InChI is InChI=1S/C12H13F3N4O/c1-19-8-16-5-10(19)6-17-9-2-3-11(18-4-9)20-7-12(13,14)15/h2-5,8,17H,6-7H2,1H3. The minimum absolute atomic E-state index is 0.0617. The molecule has 5 nitrogen and oxygen atoms in total. The quantitative estimate of drug-likeness (QED) is 0.916. The number of pyridine rings is 1. The summed E-state index contributed by atoms with van der Waals surface area (Å²) in [5.41, 5.74) is 1.66. The summed E-state index contributed by atoms with van der Waals surface area (Å²) in [6.45, 7) is -0.803. The van der Waals surface area contributed by atoms with Gasteiger partial charge in [0.25, 0.3) is 0 Å². The molecule has 2 aromatic heterocycles. The summed E-state index contributed by atoms with van der Waals surface area (Å²) < 4.78 is 42.3. The van der Waals surface area contributed by atoms with Gasteiger partial charge in [0.1, 0.15) is 0 Å². The molecule has 0 aliphatic heterocycles. The Morgan fingerprint density at radius 2 is 2.10 bits per heavy atom. The smallest absolute Gasteiger partial charge is 0.422 e. The van der Waals surface area contributed by atoms with Crippen molar-refractivity contribution in [1.29, 1.82) is 0 Å². The lowest BCUT2D eigenvalue weighted by Gasteiger charge is -2.09. The zero-order valence-electron chi connectivity index (χ0n) is 10.7. The number of alkyl halides is 3. The van der Waals surface area contributed by atoms with Crippen molar-refractivity contribution < 1.29 is 17.9 Å². The normalized spacial score (nSPS) is 11.4. The summed E-state index contributed by atoms with van der Waals surface area (Å²) in [5.74, 6) is -0.0617. The average molecular weight is 286 g/mol. The largest absolute Gasteiger partial charge is 0.468 e. The van der Waals surface area contributed by atoms with E-state index in [0.717, 1.165) is 5.69 Å². The predicted octanol–water partition coefficient (Wildman–Crippen LogP) is 2.37. The number of halogens is 3. The van der Waals surface area contributed by atoms with E-state index < -0.39 is 12.8 Å². The van der Waals surface area contributed by atoms with Gasteiger partial charge in [-0.15, -0.1) is 0 Å². The maximum Gasteiger partial charge on any atom is 0.422 e. The van der Waals surface area contributed by atoms with E-state index >= 15 is 0 Å². The average Bonchev–Trinajstić information content (AvgIpc) is 2.80. The predicted molar refractivity (Wildman–Crippen MR) is 66.3 cm³/mol. The number of anilines is 1. The van der Waals surface area contributed by atoms with Gasteiger partial charge in [-0.3, -0.25) is 0 Å². The Bertz CT molecular complexity index is 551. The third kappa shape index (κ3) is 4.15. The fourth-order valence-electron chi connectivity index (χ4n) is 1.47. The number of hydrogen-bond donors (Lipinski definition) is 1. The first kappa shape index (κ1) is 14.2. The van der Waals surface area contributed by atoms with E-state index in [2.05, 4.69) is 20.0 Å². The second kappa shape index (κ2) is 5.81. The highest BCUT2D eigenvalue weighted by molar-refractivity contribution is 5.42. The molecule has 0 spiro atoms. The number of hydrogen-bond acceptors (Lipinski definition) is 4. The molecule has 0 aromatic carbocycles. The van der Waals surface area contributed by atoms with Gasteiger partial charge in [0, 0.05) is 19.3 Å². The van der Waals surface area contributed by atoms with Crippen molar-refractivity contribution in [3.05, 3.63) is 36.5 Å². The zero-order valence-corrected chi connectivity index (χ0v) is 10.7. The highest BCUT2D eigenvalue weighted by Crippen LogP contribution is 2.18. The molecule has 0 bridgehead atoms. The first-order chi connectivity index (χ1) is 9.44. The maximum atomic E-state index is 12.0. The third-order valence-corrected chi connectivity index (χ3v) is 2.51. The fraction of sp³-hybridized carbons (Fsp3) is 0.333. The lowest BCUT2D eigenvalue weighted by Crippen LogP contribution is -2.19. The van der Waals surface area contributed by atoms with Crippen LogP contribution in [0.25, 0.3) is 0 Å². The Labute approximate surface area is 113 Å². The van der Waals surface area contributed by atoms with Crippen molar-refractivity contribution in [3.63, 3.8) is 0 Å². The van der Waals surface area contributed by atoms with Crippen LogP contribution in [0.5, 0.6) is 5.88 Å². The number of nitrogens with one attached hydrogen (secondary N) is 1. The number of ether oxygens (including phenoxy) is 1. The van der Waals surface area contributed by atoms with Crippen molar-refractivity contribution in [3.8, 4) is 5.88 Å². The van der Waals surface area contributed by atoms with Crippen LogP contribution in [0.2, 0.25) is 0 Å². The molecule has 2 heterocycles. The molecule has 0 saturated carbocycles. The summed E-state index contributed by atoms with van der Waals surface area (Å²) in [6, 6.07) is 2.99. The lowest BCUT2D eigenvalue weighted by atomic mass is 10.4. The molecule has 0 atom stereocenters. The molecule has 0 aliphatic rings. The van der Waals surface area contributed by atoms with Crippen molar-refractivity contribution in [1.82, 2.24) is 14.5 Å². The van der Waals surface area contributed by atoms with Crippen molar-refractivity contribution in [2.24, 2.45) is 7.05 Å². The first-order valence-corrected chi connectivity index (χ1v) is 5.79. The Morgan fingerprint density at radius 3 is 2.65 bits per heavy atom. The minimum atomic E-state index is -4.36. The minimum Gasteiger partial charge on any atom is -0.468 e. The van der Waals surface area contributed by atoms with E-state index in [0.29, 0.717) is 12.2 Å². The van der Waals surface area contributed by atoms with Crippen LogP contribution in [0.3, 0.4) is 0 Å². The Balaban J connectivity index is 1.87. The van der Waals surface area contributed by atoms with E-state index in [9.17, 15) is 13.2 Å². The van der Waals surface area contributed by atoms with Crippen LogP contribution in [0.1, 0.15) is 5.69 Å². The maximum absolute atomic E-state index is 12.0. The molecule has 2 rings (SSSR count). The second-order valence-corrected chi connectivity index (χ2v) is 4.14. The van der Waals surface area contributed by atoms with E-state index in [1.165, 1.54) is 12.3 Å². The van der Waals surface area contributed by atoms with Gasteiger partial charge in [0.05, 0.1) is 30.5 Å². The molecule has 0 aliphatic carbocycles. The van der Waals surface area contributed by atoms with Gasteiger partial charge in [-0.2, -0.15) is 13.2 Å². The molecule has 0 amide bonds. The van der Waals surface area contributed by atoms with E-state index in [4.69, 9.17) is 0 Å². The first-order valence-electron chi connectivity index (χ1n) is 5.79. The lowest BCUT2D eigenvalue weighted by molar-refractivity contribution is -0.154. The zero-order chi connectivity index (χ0) is 14.6. The van der Waals surface area contributed by atoms with Crippen LogP contribution in [-0.2, 0) is 13.6 Å². The van der Waals surface area contributed by atoms with Crippen molar-refractivity contribution in [2.75, 3.05) is 11.9 Å². The van der Waals surface area contributed by atoms with Gasteiger partial charge < -0.3 is 14.6 Å². The van der Waals surface area contributed by atoms with Crippen molar-refractivity contribution >= 4 is 5.69 Å². The summed E-state index contributed by atoms with van der Waals surface area (Å²) in [6.07, 6.45) is 0.463. The molecule has 0 unspecified atom stereocenters. The Kier molecular flexibility index (Phi) is 4.11. The monoisotopic (exact) mass is 286 g/mol. The van der Waals surface area contributed by atoms with E-state index in [1.807, 2.05) is 11.6 Å². The molecule has 108 valence electrons. The SMILES string of the molecule is Cn1cncc1CNc1ccc(OCC(F)(F)F)nc1. The Morgan fingerprint density at radius 1 is 1.30 bits per heavy atom. The van der Waals surface area contributed by atoms with Gasteiger partial charge in [0.2, 0.25) is 5.88 Å². The van der Waals surface area contributed by atoms with E-state index in [1.54, 1.807) is 18.6 Å². The van der Waals surface area contributed by atoms with Crippen LogP contribution < -0.4 is 10.1 Å². The van der Waals surface area contributed by atoms with Gasteiger partial charge in [-0.05, 0) is 6.07 Å². The molecular weight excluding hydrogens is 273 g/mol. The van der Waals surface area contributed by atoms with Gasteiger partial charge in [-0.25, -0.2) is 9.97 Å². The van der Waals surface area contributed by atoms with Crippen LogP contribution in [0.15, 0.2) is 30.9 Å². The molecule has 1 N–H and O–H groups in total. The fourth-order valence-corrected chi connectivity index (χ4v) is 1.47. The number of aromatic nitrogens is 3. The summed E-state index contributed by atoms with van der Waals surface area (Å²) in [4.78, 5) is 7.77. The van der Waals surface area contributed by atoms with E-state index in [-0.39, 0.29) is 5.88 Å². The summed E-state index contributed by atoms with van der Waals surface area (Å²) in [7, 11) is 1.87. The number of aryl methyl sites for hydroxylation is 1. The van der Waals surface area contributed by atoms with Gasteiger partial charge in [-0.1, -0.05) is 0 Å². The highest BCUT2D eigenvalue weighted by atomic mass is 19.4. The topological polar surface area (TPSA) is 52.0 Å². The summed E-state index contributed by atoms with van der Waals surface area (Å²) >= 11 is 0. The van der Waals surface area contributed by atoms with Gasteiger partial charge >= 0.3 is 6.18 Å². The number of imidazole rings is 1. The van der Waals surface area contributed by atoms with Crippen molar-refractivity contribution in [2.45, 2.75) is 12.7 Å². The molecule has 0 fully saturated rings. The molecule has 2 aromatic rings. The number of nitrogens with zero attached hydrogens (tertiary/aromatic N) is 3. The van der Waals surface area contributed by atoms with Crippen LogP contribution in [0, 0.1) is 0 Å². The molecule has 0 saturated heterocycles. The molecule has 20 heavy (non-hydrogen) atoms. The molecular formula is C12H13F3N4O. The highest BCUT2D eigenvalue weighted by Gasteiger charge is 2.28. The third-order valence-electron chi connectivity index (χ3n) is 2.51. The van der Waals surface area contributed by atoms with Crippen LogP contribution in [0.4, 0.5) is 18.9 Å². The number of rotatable bonds is 5. The van der Waals surface area contributed by atoms with Gasteiger partial charge in [0.15, 0.2) is 6.61 Å². The summed E-state index contributed by atoms with van der Waals surface area (Å²) in [5, 5.41) is 3.09. The van der Waals surface area contributed by atoms with Crippen LogP contribution >= 0.6 is 0 Å².